The molecule has 0 saturated carbocycles. The van der Waals surface area contributed by atoms with E-state index >= 15 is 0 Å². The molecule has 0 heterocycles. The maximum atomic E-state index is 12.6. The van der Waals surface area contributed by atoms with Gasteiger partial charge < -0.3 is 10.1 Å². The number of carbonyl (C=O) groups is 1. The average molecular weight is 691 g/mol. The average Bonchev–Trinajstić information content (AvgIpc) is 2.83. The smallest absolute Gasteiger partial charge is 0.266 e. The van der Waals surface area contributed by atoms with Gasteiger partial charge in [0.2, 0.25) is 0 Å². The monoisotopic (exact) mass is 690 g/mol. The Morgan fingerprint density at radius 3 is 2.38 bits per heavy atom. The zero-order valence-electron chi connectivity index (χ0n) is 17.7. The van der Waals surface area contributed by atoms with E-state index in [4.69, 9.17) is 16.3 Å². The lowest BCUT2D eigenvalue weighted by atomic mass is 10.1. The number of nitrogens with zero attached hydrogens (tertiary/aromatic N) is 1. The lowest BCUT2D eigenvalue weighted by molar-refractivity contribution is -0.112. The number of carbonyl (C=O) groups excluding carboxylic acids is 1. The highest BCUT2D eigenvalue weighted by molar-refractivity contribution is 14.1. The fourth-order valence-corrected chi connectivity index (χ4v) is 5.67. The molecule has 0 aromatic heterocycles. The molecule has 0 atom stereocenters. The van der Waals surface area contributed by atoms with Gasteiger partial charge in [0.05, 0.1) is 7.14 Å². The summed E-state index contributed by atoms with van der Waals surface area (Å²) in [4.78, 5) is 12.6. The molecule has 0 saturated heterocycles. The molecule has 0 unspecified atom stereocenters. The number of ether oxygens (including phenoxy) is 1. The van der Waals surface area contributed by atoms with Crippen LogP contribution in [0.2, 0.25) is 5.02 Å². The molecule has 0 radical (unpaired) electrons. The molecule has 0 fully saturated rings. The van der Waals surface area contributed by atoms with E-state index in [1.807, 2.05) is 36.4 Å². The molecule has 1 amide bonds. The predicted octanol–water partition coefficient (Wildman–Crippen LogP) is 7.83. The van der Waals surface area contributed by atoms with Crippen LogP contribution in [-0.2, 0) is 11.4 Å². The van der Waals surface area contributed by atoms with Crippen molar-refractivity contribution in [2.45, 2.75) is 6.61 Å². The van der Waals surface area contributed by atoms with E-state index in [0.29, 0.717) is 17.3 Å². The fraction of sp³-hybridized carbons (Fsp3) is 0.0370. The summed E-state index contributed by atoms with van der Waals surface area (Å²) in [5.41, 5.74) is 2.43. The van der Waals surface area contributed by atoms with E-state index in [-0.39, 0.29) is 5.57 Å². The van der Waals surface area contributed by atoms with E-state index in [1.165, 1.54) is 10.8 Å². The van der Waals surface area contributed by atoms with Gasteiger partial charge in [-0.2, -0.15) is 5.26 Å². The quantitative estimate of drug-likeness (QED) is 0.128. The van der Waals surface area contributed by atoms with Crippen LogP contribution in [0.15, 0.2) is 84.4 Å². The van der Waals surface area contributed by atoms with Crippen molar-refractivity contribution in [1.82, 2.24) is 0 Å². The van der Waals surface area contributed by atoms with Crippen molar-refractivity contribution in [3.63, 3.8) is 0 Å². The zero-order valence-corrected chi connectivity index (χ0v) is 22.8. The van der Waals surface area contributed by atoms with Gasteiger partial charge in [-0.05, 0) is 110 Å². The SMILES string of the molecule is N#C/C(=C/c1cc(I)c(OCc2cccc3ccccc23)c(I)c1)C(=O)Nc1ccc(Cl)cc1. The second-order valence-corrected chi connectivity index (χ2v) is 10.1. The first-order chi connectivity index (χ1) is 16.4. The van der Waals surface area contributed by atoms with Crippen LogP contribution in [-0.4, -0.2) is 5.91 Å². The highest BCUT2D eigenvalue weighted by Gasteiger charge is 2.13. The van der Waals surface area contributed by atoms with Crippen LogP contribution in [0.1, 0.15) is 11.1 Å². The van der Waals surface area contributed by atoms with Crippen LogP contribution in [0.25, 0.3) is 16.8 Å². The van der Waals surface area contributed by atoms with Gasteiger partial charge in [-0.1, -0.05) is 54.1 Å². The molecule has 4 rings (SSSR count). The number of fused-ring (bicyclic) bond motifs is 1. The van der Waals surface area contributed by atoms with E-state index in [2.05, 4.69) is 74.8 Å². The number of hydrogen-bond acceptors (Lipinski definition) is 3. The first-order valence-electron chi connectivity index (χ1n) is 10.2. The minimum Gasteiger partial charge on any atom is -0.487 e. The molecule has 0 aliphatic carbocycles. The fourth-order valence-electron chi connectivity index (χ4n) is 3.42. The van der Waals surface area contributed by atoms with Gasteiger partial charge in [-0.15, -0.1) is 0 Å². The Bertz CT molecular complexity index is 1420. The van der Waals surface area contributed by atoms with E-state index in [0.717, 1.165) is 24.0 Å². The first kappa shape index (κ1) is 24.5. The van der Waals surface area contributed by atoms with Crippen LogP contribution in [0.3, 0.4) is 0 Å². The van der Waals surface area contributed by atoms with Gasteiger partial charge >= 0.3 is 0 Å². The van der Waals surface area contributed by atoms with E-state index in [1.54, 1.807) is 30.3 Å². The number of nitrogens with one attached hydrogen (secondary N) is 1. The van der Waals surface area contributed by atoms with Crippen LogP contribution < -0.4 is 10.1 Å². The van der Waals surface area contributed by atoms with Crippen molar-refractivity contribution in [1.29, 1.82) is 5.26 Å². The molecule has 4 aromatic rings. The third-order valence-electron chi connectivity index (χ3n) is 5.05. The summed E-state index contributed by atoms with van der Waals surface area (Å²) in [6.07, 6.45) is 1.57. The molecule has 0 bridgehead atoms. The Hall–Kier alpha value is -2.61. The van der Waals surface area contributed by atoms with Crippen LogP contribution in [0, 0.1) is 18.5 Å². The molecule has 0 spiro atoms. The lowest BCUT2D eigenvalue weighted by Crippen LogP contribution is -2.13. The Labute approximate surface area is 229 Å². The number of nitriles is 1. The van der Waals surface area contributed by atoms with Crippen LogP contribution >= 0.6 is 56.8 Å². The number of halogens is 3. The van der Waals surface area contributed by atoms with Gasteiger partial charge in [0, 0.05) is 10.7 Å². The van der Waals surface area contributed by atoms with Gasteiger partial charge in [0.15, 0.2) is 0 Å². The summed E-state index contributed by atoms with van der Waals surface area (Å²) in [7, 11) is 0. The minimum atomic E-state index is -0.480. The van der Waals surface area contributed by atoms with E-state index in [9.17, 15) is 10.1 Å². The zero-order chi connectivity index (χ0) is 24.1. The maximum Gasteiger partial charge on any atom is 0.266 e. The third kappa shape index (κ3) is 5.90. The largest absolute Gasteiger partial charge is 0.487 e. The van der Waals surface area contributed by atoms with Gasteiger partial charge in [-0.25, -0.2) is 0 Å². The summed E-state index contributed by atoms with van der Waals surface area (Å²) in [5.74, 6) is 0.293. The summed E-state index contributed by atoms with van der Waals surface area (Å²) in [6.45, 7) is 0.440. The Balaban J connectivity index is 1.53. The minimum absolute atomic E-state index is 0.00553. The van der Waals surface area contributed by atoms with E-state index < -0.39 is 5.91 Å². The second-order valence-electron chi connectivity index (χ2n) is 7.37. The molecule has 168 valence electrons. The summed E-state index contributed by atoms with van der Waals surface area (Å²) < 4.78 is 7.98. The molecule has 0 aliphatic heterocycles. The molecule has 0 aliphatic rings. The Morgan fingerprint density at radius 2 is 1.68 bits per heavy atom. The van der Waals surface area contributed by atoms with Crippen molar-refractivity contribution in [2.75, 3.05) is 5.32 Å². The highest BCUT2D eigenvalue weighted by Crippen LogP contribution is 2.31. The number of hydrogen-bond donors (Lipinski definition) is 1. The molecule has 4 nitrogen and oxygen atoms in total. The third-order valence-corrected chi connectivity index (χ3v) is 6.91. The van der Waals surface area contributed by atoms with Crippen LogP contribution in [0.5, 0.6) is 5.75 Å². The van der Waals surface area contributed by atoms with Gasteiger partial charge in [0.1, 0.15) is 24.0 Å². The number of rotatable bonds is 6. The topological polar surface area (TPSA) is 62.1 Å². The highest BCUT2D eigenvalue weighted by atomic mass is 127. The van der Waals surface area contributed by atoms with Crippen molar-refractivity contribution >= 4 is 85.2 Å². The first-order valence-corrected chi connectivity index (χ1v) is 12.8. The van der Waals surface area contributed by atoms with Gasteiger partial charge in [0.25, 0.3) is 5.91 Å². The lowest BCUT2D eigenvalue weighted by Gasteiger charge is -2.13. The molecular formula is C27H17ClI2N2O2. The number of anilines is 1. The maximum absolute atomic E-state index is 12.6. The summed E-state index contributed by atoms with van der Waals surface area (Å²) in [5, 5.41) is 15.2. The second kappa shape index (κ2) is 11.2. The molecule has 34 heavy (non-hydrogen) atoms. The standard InChI is InChI=1S/C27H17ClI2N2O2/c28-21-8-10-22(11-9-21)32-27(33)20(15-31)12-17-13-24(29)26(25(30)14-17)34-16-19-6-3-5-18-4-1-2-7-23(18)19/h1-14H,16H2,(H,32,33)/b20-12-. The van der Waals surface area contributed by atoms with Gasteiger partial charge in [-0.3, -0.25) is 4.79 Å². The number of amides is 1. The summed E-state index contributed by atoms with van der Waals surface area (Å²) in [6, 6.07) is 26.9. The summed E-state index contributed by atoms with van der Waals surface area (Å²) >= 11 is 10.3. The van der Waals surface area contributed by atoms with Crippen molar-refractivity contribution in [2.24, 2.45) is 0 Å². The molecule has 7 heteroatoms. The normalized spacial score (nSPS) is 11.2. The van der Waals surface area contributed by atoms with Crippen molar-refractivity contribution in [3.8, 4) is 11.8 Å². The Morgan fingerprint density at radius 1 is 1.00 bits per heavy atom. The Kier molecular flexibility index (Phi) is 8.08. The number of benzene rings is 4. The predicted molar refractivity (Wildman–Crippen MR) is 154 cm³/mol. The van der Waals surface area contributed by atoms with Crippen molar-refractivity contribution in [3.05, 3.63) is 108 Å². The van der Waals surface area contributed by atoms with Crippen molar-refractivity contribution < 1.29 is 9.53 Å². The molecule has 4 aromatic carbocycles. The van der Waals surface area contributed by atoms with Crippen LogP contribution in [0.4, 0.5) is 5.69 Å². The molecule has 1 N–H and O–H groups in total. The molecular weight excluding hydrogens is 674 g/mol.